The van der Waals surface area contributed by atoms with Crippen molar-refractivity contribution in [2.45, 2.75) is 13.8 Å². The van der Waals surface area contributed by atoms with Crippen LogP contribution in [0.1, 0.15) is 13.8 Å². The minimum atomic E-state index is 0.162. The fourth-order valence-corrected chi connectivity index (χ4v) is 1.91. The summed E-state index contributed by atoms with van der Waals surface area (Å²) in [6.45, 7) is 11.0. The van der Waals surface area contributed by atoms with E-state index in [0.717, 1.165) is 19.6 Å². The molecular weight excluding hydrogens is 176 g/mol. The molecule has 80 valence electrons. The standard InChI is InChI=1S/C11H20N2O/c1-4-6-13(5-2)11(14)10-8-12-7-9(10)3/h4,9-10,12H,1,5-8H2,2-3H3/t9-,10-/m1/s1. The molecular formula is C11H20N2O. The van der Waals surface area contributed by atoms with Crippen LogP contribution >= 0.6 is 0 Å². The predicted octanol–water partition coefficient (Wildman–Crippen LogP) is 0.876. The molecule has 0 aromatic carbocycles. The second kappa shape index (κ2) is 5.15. The summed E-state index contributed by atoms with van der Waals surface area (Å²) < 4.78 is 0. The Morgan fingerprint density at radius 1 is 1.64 bits per heavy atom. The molecule has 1 rings (SSSR count). The molecule has 0 aliphatic carbocycles. The lowest BCUT2D eigenvalue weighted by Gasteiger charge is -2.24. The molecule has 3 nitrogen and oxygen atoms in total. The van der Waals surface area contributed by atoms with E-state index in [1.54, 1.807) is 6.08 Å². The number of hydrogen-bond donors (Lipinski definition) is 1. The molecule has 0 bridgehead atoms. The Balaban J connectivity index is 2.57. The summed E-state index contributed by atoms with van der Waals surface area (Å²) >= 11 is 0. The van der Waals surface area contributed by atoms with Crippen LogP contribution in [-0.4, -0.2) is 37.0 Å². The lowest BCUT2D eigenvalue weighted by molar-refractivity contribution is -0.135. The van der Waals surface area contributed by atoms with Crippen molar-refractivity contribution in [3.05, 3.63) is 12.7 Å². The van der Waals surface area contributed by atoms with E-state index in [9.17, 15) is 4.79 Å². The van der Waals surface area contributed by atoms with Crippen LogP contribution in [0.2, 0.25) is 0 Å². The van der Waals surface area contributed by atoms with Gasteiger partial charge in [-0.1, -0.05) is 13.0 Å². The molecule has 1 fully saturated rings. The van der Waals surface area contributed by atoms with E-state index < -0.39 is 0 Å². The Labute approximate surface area is 86.2 Å². The predicted molar refractivity (Wildman–Crippen MR) is 58.0 cm³/mol. The SMILES string of the molecule is C=CCN(CC)C(=O)[C@@H]1CNC[C@H]1C. The van der Waals surface area contributed by atoms with E-state index in [1.165, 1.54) is 0 Å². The molecule has 0 unspecified atom stereocenters. The molecule has 3 heteroatoms. The third kappa shape index (κ3) is 2.35. The van der Waals surface area contributed by atoms with Gasteiger partial charge < -0.3 is 10.2 Å². The highest BCUT2D eigenvalue weighted by molar-refractivity contribution is 5.79. The van der Waals surface area contributed by atoms with E-state index in [2.05, 4.69) is 18.8 Å². The van der Waals surface area contributed by atoms with Gasteiger partial charge in [0.2, 0.25) is 5.91 Å². The Bertz CT molecular complexity index is 215. The summed E-state index contributed by atoms with van der Waals surface area (Å²) in [7, 11) is 0. The molecule has 1 aliphatic heterocycles. The average Bonchev–Trinajstić information content (AvgIpc) is 2.59. The second-order valence-electron chi connectivity index (χ2n) is 3.91. The summed E-state index contributed by atoms with van der Waals surface area (Å²) in [5.41, 5.74) is 0. The normalized spacial score (nSPS) is 26.1. The summed E-state index contributed by atoms with van der Waals surface area (Å²) in [5, 5.41) is 3.25. The van der Waals surface area contributed by atoms with Crippen LogP contribution in [0, 0.1) is 11.8 Å². The summed E-state index contributed by atoms with van der Waals surface area (Å²) in [5.74, 6) is 0.890. The Morgan fingerprint density at radius 3 is 2.79 bits per heavy atom. The topological polar surface area (TPSA) is 32.3 Å². The third-order valence-electron chi connectivity index (χ3n) is 2.88. The van der Waals surface area contributed by atoms with Gasteiger partial charge in [0, 0.05) is 19.6 Å². The first-order valence-electron chi connectivity index (χ1n) is 5.31. The number of hydrogen-bond acceptors (Lipinski definition) is 2. The van der Waals surface area contributed by atoms with Gasteiger partial charge in [-0.3, -0.25) is 4.79 Å². The summed E-state index contributed by atoms with van der Waals surface area (Å²) in [6, 6.07) is 0. The van der Waals surface area contributed by atoms with Crippen molar-refractivity contribution >= 4 is 5.91 Å². The molecule has 0 saturated carbocycles. The van der Waals surface area contributed by atoms with Gasteiger partial charge in [-0.05, 0) is 19.4 Å². The molecule has 1 N–H and O–H groups in total. The lowest BCUT2D eigenvalue weighted by atomic mass is 9.96. The number of likely N-dealkylation sites (N-methyl/N-ethyl adjacent to an activating group) is 1. The van der Waals surface area contributed by atoms with Crippen LogP contribution in [-0.2, 0) is 4.79 Å². The van der Waals surface area contributed by atoms with Gasteiger partial charge in [-0.15, -0.1) is 6.58 Å². The number of carbonyl (C=O) groups excluding carboxylic acids is 1. The van der Waals surface area contributed by atoms with Crippen LogP contribution in [0.5, 0.6) is 0 Å². The number of rotatable bonds is 4. The maximum Gasteiger partial charge on any atom is 0.227 e. The van der Waals surface area contributed by atoms with E-state index in [1.807, 2.05) is 11.8 Å². The highest BCUT2D eigenvalue weighted by atomic mass is 16.2. The summed E-state index contributed by atoms with van der Waals surface area (Å²) in [4.78, 5) is 13.9. The molecule has 0 aromatic rings. The fourth-order valence-electron chi connectivity index (χ4n) is 1.91. The maximum atomic E-state index is 12.0. The highest BCUT2D eigenvalue weighted by Crippen LogP contribution is 2.18. The van der Waals surface area contributed by atoms with Gasteiger partial charge in [0.1, 0.15) is 0 Å². The number of carbonyl (C=O) groups is 1. The van der Waals surface area contributed by atoms with Gasteiger partial charge in [-0.2, -0.15) is 0 Å². The van der Waals surface area contributed by atoms with Crippen molar-refractivity contribution in [1.82, 2.24) is 10.2 Å². The minimum Gasteiger partial charge on any atom is -0.339 e. The van der Waals surface area contributed by atoms with Gasteiger partial charge in [0.15, 0.2) is 0 Å². The van der Waals surface area contributed by atoms with Gasteiger partial charge in [0.05, 0.1) is 5.92 Å². The van der Waals surface area contributed by atoms with Crippen LogP contribution in [0.4, 0.5) is 0 Å². The van der Waals surface area contributed by atoms with Crippen molar-refractivity contribution < 1.29 is 4.79 Å². The zero-order valence-corrected chi connectivity index (χ0v) is 9.12. The Kier molecular flexibility index (Phi) is 4.14. The monoisotopic (exact) mass is 196 g/mol. The Morgan fingerprint density at radius 2 is 2.36 bits per heavy atom. The van der Waals surface area contributed by atoms with E-state index in [-0.39, 0.29) is 11.8 Å². The average molecular weight is 196 g/mol. The number of amides is 1. The van der Waals surface area contributed by atoms with Crippen molar-refractivity contribution in [3.63, 3.8) is 0 Å². The van der Waals surface area contributed by atoms with Gasteiger partial charge in [0.25, 0.3) is 0 Å². The molecule has 2 atom stereocenters. The van der Waals surface area contributed by atoms with Crippen LogP contribution in [0.15, 0.2) is 12.7 Å². The molecule has 1 amide bonds. The first kappa shape index (κ1) is 11.2. The molecule has 14 heavy (non-hydrogen) atoms. The second-order valence-corrected chi connectivity index (χ2v) is 3.91. The Hall–Kier alpha value is -0.830. The van der Waals surface area contributed by atoms with Crippen molar-refractivity contribution in [3.8, 4) is 0 Å². The zero-order valence-electron chi connectivity index (χ0n) is 9.12. The van der Waals surface area contributed by atoms with Crippen molar-refractivity contribution in [1.29, 1.82) is 0 Å². The molecule has 1 heterocycles. The van der Waals surface area contributed by atoms with Gasteiger partial charge >= 0.3 is 0 Å². The largest absolute Gasteiger partial charge is 0.339 e. The smallest absolute Gasteiger partial charge is 0.227 e. The van der Waals surface area contributed by atoms with Crippen LogP contribution in [0.25, 0.3) is 0 Å². The van der Waals surface area contributed by atoms with Gasteiger partial charge in [-0.25, -0.2) is 0 Å². The van der Waals surface area contributed by atoms with E-state index in [4.69, 9.17) is 0 Å². The van der Waals surface area contributed by atoms with Crippen LogP contribution in [0.3, 0.4) is 0 Å². The van der Waals surface area contributed by atoms with E-state index in [0.29, 0.717) is 12.5 Å². The third-order valence-corrected chi connectivity index (χ3v) is 2.88. The first-order chi connectivity index (χ1) is 6.70. The van der Waals surface area contributed by atoms with Crippen molar-refractivity contribution in [2.75, 3.05) is 26.2 Å². The molecule has 0 radical (unpaired) electrons. The quantitative estimate of drug-likeness (QED) is 0.677. The van der Waals surface area contributed by atoms with E-state index >= 15 is 0 Å². The lowest BCUT2D eigenvalue weighted by Crippen LogP contribution is -2.38. The first-order valence-corrected chi connectivity index (χ1v) is 5.31. The fraction of sp³-hybridized carbons (Fsp3) is 0.727. The maximum absolute atomic E-state index is 12.0. The zero-order chi connectivity index (χ0) is 10.6. The molecule has 0 aromatic heterocycles. The number of nitrogens with one attached hydrogen (secondary N) is 1. The highest BCUT2D eigenvalue weighted by Gasteiger charge is 2.31. The molecule has 1 saturated heterocycles. The summed E-state index contributed by atoms with van der Waals surface area (Å²) in [6.07, 6.45) is 1.79. The number of nitrogens with zero attached hydrogens (tertiary/aromatic N) is 1. The molecule has 1 aliphatic rings. The van der Waals surface area contributed by atoms with Crippen molar-refractivity contribution in [2.24, 2.45) is 11.8 Å². The molecule has 0 spiro atoms. The van der Waals surface area contributed by atoms with Crippen LogP contribution < -0.4 is 5.32 Å². The minimum absolute atomic E-state index is 0.162.